The van der Waals surface area contributed by atoms with Crippen molar-refractivity contribution in [3.63, 3.8) is 0 Å². The minimum Gasteiger partial charge on any atom is -0.0804 e. The van der Waals surface area contributed by atoms with Crippen LogP contribution in [0.2, 0.25) is 0 Å². The van der Waals surface area contributed by atoms with E-state index in [0.29, 0.717) is 0 Å². The second-order valence-electron chi connectivity index (χ2n) is 3.66. The Bertz CT molecular complexity index is 267. The Morgan fingerprint density at radius 2 is 1.69 bits per heavy atom. The molecule has 0 unspecified atom stereocenters. The van der Waals surface area contributed by atoms with Crippen LogP contribution in [0.25, 0.3) is 5.57 Å². The maximum Gasteiger partial charge on any atom is -0.0231 e. The zero-order valence-corrected chi connectivity index (χ0v) is 8.67. The van der Waals surface area contributed by atoms with Crippen molar-refractivity contribution in [3.8, 4) is 0 Å². The van der Waals surface area contributed by atoms with E-state index in [9.17, 15) is 0 Å². The molecule has 69 valence electrons. The van der Waals surface area contributed by atoms with E-state index in [4.69, 9.17) is 0 Å². The largest absolute Gasteiger partial charge is 0.0804 e. The van der Waals surface area contributed by atoms with E-state index in [1.165, 1.54) is 17.1 Å². The summed E-state index contributed by atoms with van der Waals surface area (Å²) >= 11 is 0. The Kier molecular flexibility index (Phi) is 3.75. The van der Waals surface area contributed by atoms with E-state index >= 15 is 0 Å². The Morgan fingerprint density at radius 1 is 1.08 bits per heavy atom. The van der Waals surface area contributed by atoms with E-state index in [1.807, 2.05) is 6.07 Å². The lowest BCUT2D eigenvalue weighted by Gasteiger charge is -2.02. The highest BCUT2D eigenvalue weighted by atomic mass is 14.0. The lowest BCUT2D eigenvalue weighted by Crippen LogP contribution is -1.82. The van der Waals surface area contributed by atoms with Crippen LogP contribution in [-0.2, 0) is 0 Å². The van der Waals surface area contributed by atoms with Crippen LogP contribution in [0.1, 0.15) is 32.8 Å². The van der Waals surface area contributed by atoms with Gasteiger partial charge in [-0.15, -0.1) is 0 Å². The van der Waals surface area contributed by atoms with Crippen molar-refractivity contribution in [2.45, 2.75) is 27.2 Å². The topological polar surface area (TPSA) is 0 Å². The van der Waals surface area contributed by atoms with Crippen molar-refractivity contribution in [2.75, 3.05) is 0 Å². The van der Waals surface area contributed by atoms with Crippen LogP contribution in [0.4, 0.5) is 0 Å². The van der Waals surface area contributed by atoms with Gasteiger partial charge in [-0.1, -0.05) is 50.3 Å². The van der Waals surface area contributed by atoms with Gasteiger partial charge in [-0.05, 0) is 30.4 Å². The van der Waals surface area contributed by atoms with Gasteiger partial charge in [-0.25, -0.2) is 0 Å². The Balaban J connectivity index is 2.68. The molecule has 0 spiro atoms. The first-order chi connectivity index (χ1) is 6.20. The lowest BCUT2D eigenvalue weighted by molar-refractivity contribution is 0.992. The normalized spacial score (nSPS) is 12.2. The minimum atomic E-state index is 1.08. The zero-order chi connectivity index (χ0) is 9.68. The molecule has 0 N–H and O–H groups in total. The summed E-state index contributed by atoms with van der Waals surface area (Å²) in [7, 11) is 0. The van der Waals surface area contributed by atoms with Crippen molar-refractivity contribution >= 4 is 5.57 Å². The first-order valence-corrected chi connectivity index (χ1v) is 4.71. The van der Waals surface area contributed by atoms with Crippen LogP contribution in [0.15, 0.2) is 36.4 Å². The minimum absolute atomic E-state index is 1.08. The molecule has 1 radical (unpaired) electrons. The average molecular weight is 173 g/mol. The summed E-state index contributed by atoms with van der Waals surface area (Å²) in [5, 5.41) is 0. The predicted molar refractivity (Wildman–Crippen MR) is 59.3 cm³/mol. The molecular weight excluding hydrogens is 156 g/mol. The Morgan fingerprint density at radius 3 is 2.23 bits per heavy atom. The predicted octanol–water partition coefficient (Wildman–Crippen LogP) is 4.09. The molecule has 0 heterocycles. The molecular formula is C13H17. The van der Waals surface area contributed by atoms with Crippen molar-refractivity contribution in [2.24, 2.45) is 0 Å². The fraction of sp³-hybridized carbons (Fsp3) is 0.308. The van der Waals surface area contributed by atoms with Crippen molar-refractivity contribution in [3.05, 3.63) is 47.9 Å². The molecule has 0 nitrogen and oxygen atoms in total. The highest BCUT2D eigenvalue weighted by Crippen LogP contribution is 2.15. The maximum atomic E-state index is 2.28. The van der Waals surface area contributed by atoms with E-state index in [-0.39, 0.29) is 0 Å². The van der Waals surface area contributed by atoms with E-state index < -0.39 is 0 Å². The van der Waals surface area contributed by atoms with Crippen LogP contribution in [0.3, 0.4) is 0 Å². The molecule has 1 aromatic rings. The summed E-state index contributed by atoms with van der Waals surface area (Å²) in [6.07, 6.45) is 3.37. The third kappa shape index (κ3) is 3.45. The zero-order valence-electron chi connectivity index (χ0n) is 8.67. The van der Waals surface area contributed by atoms with Gasteiger partial charge in [0.05, 0.1) is 0 Å². The van der Waals surface area contributed by atoms with Gasteiger partial charge in [0, 0.05) is 0 Å². The SMILES string of the molecule is C[C](C)CC=C(C)c1ccccc1. The standard InChI is InChI=1S/C13H17/c1-11(2)9-10-12(3)13-7-5-4-6-8-13/h4-8,10H,9H2,1-3H3. The van der Waals surface area contributed by atoms with E-state index in [0.717, 1.165) is 6.42 Å². The summed E-state index contributed by atoms with van der Waals surface area (Å²) in [5.41, 5.74) is 2.69. The van der Waals surface area contributed by atoms with Crippen LogP contribution in [0, 0.1) is 5.92 Å². The molecule has 0 saturated heterocycles. The summed E-state index contributed by atoms with van der Waals surface area (Å²) in [4.78, 5) is 0. The maximum absolute atomic E-state index is 2.28. The summed E-state index contributed by atoms with van der Waals surface area (Å²) in [5.74, 6) is 1.45. The summed E-state index contributed by atoms with van der Waals surface area (Å²) in [6, 6.07) is 10.5. The number of hydrogen-bond donors (Lipinski definition) is 0. The van der Waals surface area contributed by atoms with Gasteiger partial charge < -0.3 is 0 Å². The fourth-order valence-corrected chi connectivity index (χ4v) is 1.18. The molecule has 0 fully saturated rings. The quantitative estimate of drug-likeness (QED) is 0.645. The van der Waals surface area contributed by atoms with Gasteiger partial charge in [-0.3, -0.25) is 0 Å². The molecule has 0 aromatic heterocycles. The first kappa shape index (κ1) is 10.0. The smallest absolute Gasteiger partial charge is 0.0231 e. The van der Waals surface area contributed by atoms with Gasteiger partial charge in [0.15, 0.2) is 0 Å². The summed E-state index contributed by atoms with van der Waals surface area (Å²) < 4.78 is 0. The highest BCUT2D eigenvalue weighted by molar-refractivity contribution is 5.63. The lowest BCUT2D eigenvalue weighted by atomic mass is 10.0. The second-order valence-corrected chi connectivity index (χ2v) is 3.66. The molecule has 13 heavy (non-hydrogen) atoms. The van der Waals surface area contributed by atoms with Gasteiger partial charge >= 0.3 is 0 Å². The third-order valence-electron chi connectivity index (χ3n) is 2.05. The highest BCUT2D eigenvalue weighted by Gasteiger charge is 1.94. The molecule has 0 atom stereocenters. The Labute approximate surface area is 81.3 Å². The molecule has 0 amide bonds. The first-order valence-electron chi connectivity index (χ1n) is 4.71. The number of rotatable bonds is 3. The summed E-state index contributed by atoms with van der Waals surface area (Å²) in [6.45, 7) is 6.49. The monoisotopic (exact) mass is 173 g/mol. The van der Waals surface area contributed by atoms with E-state index in [2.05, 4.69) is 51.1 Å². The molecule has 0 aliphatic rings. The van der Waals surface area contributed by atoms with Gasteiger partial charge in [0.2, 0.25) is 0 Å². The van der Waals surface area contributed by atoms with Crippen LogP contribution in [0.5, 0.6) is 0 Å². The third-order valence-corrected chi connectivity index (χ3v) is 2.05. The molecule has 0 heteroatoms. The molecule has 0 aliphatic heterocycles. The number of allylic oxidation sites excluding steroid dienone is 2. The van der Waals surface area contributed by atoms with Gasteiger partial charge in [0.1, 0.15) is 0 Å². The number of benzene rings is 1. The van der Waals surface area contributed by atoms with Crippen LogP contribution >= 0.6 is 0 Å². The Hall–Kier alpha value is -1.04. The fourth-order valence-electron chi connectivity index (χ4n) is 1.18. The molecule has 0 saturated carbocycles. The number of hydrogen-bond acceptors (Lipinski definition) is 0. The molecule has 1 rings (SSSR count). The van der Waals surface area contributed by atoms with Gasteiger partial charge in [0.25, 0.3) is 0 Å². The molecule has 0 bridgehead atoms. The van der Waals surface area contributed by atoms with Crippen molar-refractivity contribution in [1.82, 2.24) is 0 Å². The van der Waals surface area contributed by atoms with Gasteiger partial charge in [-0.2, -0.15) is 0 Å². The van der Waals surface area contributed by atoms with Crippen LogP contribution < -0.4 is 0 Å². The van der Waals surface area contributed by atoms with E-state index in [1.54, 1.807) is 0 Å². The van der Waals surface area contributed by atoms with Crippen molar-refractivity contribution in [1.29, 1.82) is 0 Å². The van der Waals surface area contributed by atoms with Crippen molar-refractivity contribution < 1.29 is 0 Å². The second kappa shape index (κ2) is 4.86. The molecule has 0 aliphatic carbocycles. The molecule has 1 aromatic carbocycles. The average Bonchev–Trinajstić information content (AvgIpc) is 2.15. The van der Waals surface area contributed by atoms with Crippen LogP contribution in [-0.4, -0.2) is 0 Å².